The molecule has 2 atom stereocenters. The van der Waals surface area contributed by atoms with E-state index in [0.29, 0.717) is 35.7 Å². The molecule has 45 heavy (non-hydrogen) atoms. The Morgan fingerprint density at radius 2 is 1.96 bits per heavy atom. The van der Waals surface area contributed by atoms with Crippen LogP contribution in [0.2, 0.25) is 0 Å². The number of nitrogens with two attached hydrogens (primary N) is 1. The fourth-order valence-corrected chi connectivity index (χ4v) is 7.13. The minimum absolute atomic E-state index is 0.0213. The maximum absolute atomic E-state index is 14.3. The van der Waals surface area contributed by atoms with Crippen molar-refractivity contribution in [1.29, 1.82) is 0 Å². The minimum Gasteiger partial charge on any atom is -0.494 e. The number of likely N-dealkylation sites (tertiary alicyclic amines) is 1. The van der Waals surface area contributed by atoms with Crippen LogP contribution in [0.4, 0.5) is 10.1 Å². The largest absolute Gasteiger partial charge is 0.494 e. The summed E-state index contributed by atoms with van der Waals surface area (Å²) in [5, 5.41) is 4.04. The van der Waals surface area contributed by atoms with Crippen molar-refractivity contribution in [2.24, 2.45) is 18.7 Å². The summed E-state index contributed by atoms with van der Waals surface area (Å²) in [6, 6.07) is 17.8. The van der Waals surface area contributed by atoms with E-state index in [0.717, 1.165) is 56.9 Å². The van der Waals surface area contributed by atoms with E-state index in [4.69, 9.17) is 15.5 Å². The van der Waals surface area contributed by atoms with Crippen molar-refractivity contribution in [3.05, 3.63) is 65.7 Å². The Labute approximate surface area is 259 Å². The number of methoxy groups -OCH3 is 1. The zero-order valence-corrected chi connectivity index (χ0v) is 25.3. The third-order valence-corrected chi connectivity index (χ3v) is 9.45. The standard InChI is InChI=1S/C35H35FN6O3/c1-40-33-28(11-23(13-30(33)45-2)35(44)41-17-24(36)15-25(37)18-41)39-34(40)29-12-21-4-3-5-26(32(21)42(29)16-19-6-7-19)20-8-9-27-22(10-20)14-31(43)38-27/h3-5,8-13,19,24-25H,6-7,14-18,37H2,1-2H3,(H,38,43)/t24-,25-/m1/s1. The number of rotatable bonds is 6. The predicted octanol–water partition coefficient (Wildman–Crippen LogP) is 5.29. The Morgan fingerprint density at radius 3 is 2.73 bits per heavy atom. The molecule has 0 spiro atoms. The second kappa shape index (κ2) is 10.4. The molecule has 9 nitrogen and oxygen atoms in total. The van der Waals surface area contributed by atoms with Crippen LogP contribution >= 0.6 is 0 Å². The summed E-state index contributed by atoms with van der Waals surface area (Å²) in [5.41, 5.74) is 14.0. The number of carbonyl (C=O) groups excluding carboxylic acids is 2. The molecule has 2 aromatic heterocycles. The Morgan fingerprint density at radius 1 is 1.11 bits per heavy atom. The molecule has 0 bridgehead atoms. The van der Waals surface area contributed by atoms with Gasteiger partial charge in [0.25, 0.3) is 5.91 Å². The lowest BCUT2D eigenvalue weighted by Gasteiger charge is -2.33. The van der Waals surface area contributed by atoms with Crippen molar-refractivity contribution in [1.82, 2.24) is 19.0 Å². The first-order valence-corrected chi connectivity index (χ1v) is 15.6. The van der Waals surface area contributed by atoms with Crippen LogP contribution in [0.25, 0.3) is 44.6 Å². The molecule has 10 heteroatoms. The van der Waals surface area contributed by atoms with E-state index in [9.17, 15) is 14.0 Å². The SMILES string of the molecule is COc1cc(C(=O)N2C[C@H](N)C[C@@H](F)C2)cc2nc(-c3cc4cccc(-c5ccc6c(c5)CC(=O)N6)c4n3CC3CC3)n(C)c12. The van der Waals surface area contributed by atoms with Gasteiger partial charge in [-0.3, -0.25) is 9.59 Å². The number of carbonyl (C=O) groups is 2. The second-order valence-electron chi connectivity index (χ2n) is 12.8. The van der Waals surface area contributed by atoms with Gasteiger partial charge in [0.15, 0.2) is 5.82 Å². The number of hydrogen-bond acceptors (Lipinski definition) is 5. The van der Waals surface area contributed by atoms with Gasteiger partial charge in [-0.2, -0.15) is 0 Å². The van der Waals surface area contributed by atoms with Crippen molar-refractivity contribution >= 4 is 39.4 Å². The zero-order chi connectivity index (χ0) is 31.0. The van der Waals surface area contributed by atoms with Crippen LogP contribution in [-0.2, 0) is 24.8 Å². The van der Waals surface area contributed by atoms with Crippen LogP contribution in [0, 0.1) is 5.92 Å². The van der Waals surface area contributed by atoms with Gasteiger partial charge < -0.3 is 29.8 Å². The summed E-state index contributed by atoms with van der Waals surface area (Å²) in [6.45, 7) is 1.21. The third kappa shape index (κ3) is 4.75. The van der Waals surface area contributed by atoms with Crippen molar-refractivity contribution in [2.75, 3.05) is 25.5 Å². The highest BCUT2D eigenvalue weighted by molar-refractivity contribution is 6.03. The topological polar surface area (TPSA) is 107 Å². The molecule has 2 fully saturated rings. The van der Waals surface area contributed by atoms with E-state index in [1.807, 2.05) is 17.7 Å². The number of ether oxygens (including phenoxy) is 1. The maximum atomic E-state index is 14.3. The van der Waals surface area contributed by atoms with Crippen LogP contribution in [0.3, 0.4) is 0 Å². The molecule has 1 saturated heterocycles. The molecule has 5 aromatic rings. The number of benzene rings is 3. The fraction of sp³-hybridized carbons (Fsp3) is 0.343. The lowest BCUT2D eigenvalue weighted by Crippen LogP contribution is -2.50. The van der Waals surface area contributed by atoms with Crippen molar-refractivity contribution < 1.29 is 18.7 Å². The number of fused-ring (bicyclic) bond motifs is 3. The summed E-state index contributed by atoms with van der Waals surface area (Å²) in [4.78, 5) is 32.1. The van der Waals surface area contributed by atoms with Crippen molar-refractivity contribution in [3.63, 3.8) is 0 Å². The van der Waals surface area contributed by atoms with Gasteiger partial charge in [0.05, 0.1) is 36.8 Å². The lowest BCUT2D eigenvalue weighted by molar-refractivity contribution is -0.115. The lowest BCUT2D eigenvalue weighted by atomic mass is 9.99. The average Bonchev–Trinajstić information content (AvgIpc) is 3.52. The Kier molecular flexibility index (Phi) is 6.46. The van der Waals surface area contributed by atoms with Gasteiger partial charge in [-0.05, 0) is 66.6 Å². The highest BCUT2D eigenvalue weighted by atomic mass is 19.1. The van der Waals surface area contributed by atoms with E-state index < -0.39 is 6.17 Å². The van der Waals surface area contributed by atoms with Crippen LogP contribution in [0.15, 0.2) is 54.6 Å². The van der Waals surface area contributed by atoms with Gasteiger partial charge in [0.1, 0.15) is 17.4 Å². The maximum Gasteiger partial charge on any atom is 0.254 e. The van der Waals surface area contributed by atoms with Gasteiger partial charge >= 0.3 is 0 Å². The summed E-state index contributed by atoms with van der Waals surface area (Å²) in [7, 11) is 3.55. The van der Waals surface area contributed by atoms with E-state index >= 15 is 0 Å². The normalized spacial score (nSPS) is 19.7. The first kappa shape index (κ1) is 27.8. The Balaban J connectivity index is 1.26. The molecule has 2 amide bonds. The van der Waals surface area contributed by atoms with Gasteiger partial charge in [0.2, 0.25) is 5.91 Å². The van der Waals surface area contributed by atoms with Gasteiger partial charge in [-0.25, -0.2) is 9.37 Å². The van der Waals surface area contributed by atoms with E-state index in [1.165, 1.54) is 17.7 Å². The molecule has 0 radical (unpaired) electrons. The predicted molar refractivity (Wildman–Crippen MR) is 172 cm³/mol. The van der Waals surface area contributed by atoms with E-state index in [-0.39, 0.29) is 30.8 Å². The quantitative estimate of drug-likeness (QED) is 0.273. The number of para-hydroxylation sites is 1. The van der Waals surface area contributed by atoms with Crippen LogP contribution in [0.5, 0.6) is 5.75 Å². The molecule has 3 aromatic carbocycles. The number of aromatic nitrogens is 3. The Bertz CT molecular complexity index is 2020. The number of piperidine rings is 1. The van der Waals surface area contributed by atoms with Crippen LogP contribution in [-0.4, -0.2) is 63.2 Å². The number of alkyl halides is 1. The average molecular weight is 607 g/mol. The number of halogens is 1. The van der Waals surface area contributed by atoms with E-state index in [2.05, 4.69) is 46.3 Å². The van der Waals surface area contributed by atoms with Gasteiger partial charge in [0, 0.05) is 48.4 Å². The Hall–Kier alpha value is -4.70. The molecule has 3 N–H and O–H groups in total. The van der Waals surface area contributed by atoms with Crippen molar-refractivity contribution in [2.45, 2.75) is 44.4 Å². The molecule has 230 valence electrons. The summed E-state index contributed by atoms with van der Waals surface area (Å²) in [6.07, 6.45) is 1.89. The number of nitrogens with zero attached hydrogens (tertiary/aromatic N) is 4. The number of hydrogen-bond donors (Lipinski definition) is 2. The number of amides is 2. The third-order valence-electron chi connectivity index (χ3n) is 9.45. The first-order chi connectivity index (χ1) is 21.8. The molecular weight excluding hydrogens is 571 g/mol. The fourth-order valence-electron chi connectivity index (χ4n) is 7.13. The first-order valence-electron chi connectivity index (χ1n) is 15.6. The molecule has 8 rings (SSSR count). The zero-order valence-electron chi connectivity index (χ0n) is 25.3. The summed E-state index contributed by atoms with van der Waals surface area (Å²) in [5.74, 6) is 1.63. The molecule has 2 aliphatic heterocycles. The summed E-state index contributed by atoms with van der Waals surface area (Å²) < 4.78 is 24.5. The number of nitrogens with one attached hydrogen (secondary N) is 1. The number of imidazole rings is 1. The highest BCUT2D eigenvalue weighted by Gasteiger charge is 2.31. The van der Waals surface area contributed by atoms with Gasteiger partial charge in [-0.1, -0.05) is 24.3 Å². The molecule has 4 heterocycles. The van der Waals surface area contributed by atoms with Gasteiger partial charge in [-0.15, -0.1) is 0 Å². The molecule has 3 aliphatic rings. The minimum atomic E-state index is -1.14. The summed E-state index contributed by atoms with van der Waals surface area (Å²) >= 11 is 0. The number of aryl methyl sites for hydroxylation is 1. The van der Waals surface area contributed by atoms with Crippen LogP contribution in [0.1, 0.15) is 35.2 Å². The van der Waals surface area contributed by atoms with E-state index in [1.54, 1.807) is 19.2 Å². The molecule has 1 aliphatic carbocycles. The smallest absolute Gasteiger partial charge is 0.254 e. The monoisotopic (exact) mass is 606 g/mol. The molecule has 1 saturated carbocycles. The second-order valence-corrected chi connectivity index (χ2v) is 12.8. The molecule has 0 unspecified atom stereocenters. The molecular formula is C35H35FN6O3. The highest BCUT2D eigenvalue weighted by Crippen LogP contribution is 2.41. The van der Waals surface area contributed by atoms with Crippen LogP contribution < -0.4 is 15.8 Å². The van der Waals surface area contributed by atoms with Crippen molar-refractivity contribution in [3.8, 4) is 28.4 Å². The number of anilines is 1.